The fourth-order valence-corrected chi connectivity index (χ4v) is 5.47. The minimum atomic E-state index is -3.08. The van der Waals surface area contributed by atoms with E-state index in [1.54, 1.807) is 12.0 Å². The summed E-state index contributed by atoms with van der Waals surface area (Å²) in [4.78, 5) is 14.8. The van der Waals surface area contributed by atoms with E-state index >= 15 is 0 Å². The standard InChI is InChI=1S/C20H22BrNO4S/c1-26-19-7-5-15(6-8-19)12-20(23)22(18-9-10-27(24,25)14-18)13-16-3-2-4-17(21)11-16/h2-8,11,18H,9-10,12-14H2,1H3. The van der Waals surface area contributed by atoms with Gasteiger partial charge in [0.25, 0.3) is 0 Å². The van der Waals surface area contributed by atoms with Crippen molar-refractivity contribution >= 4 is 31.7 Å². The first kappa shape index (κ1) is 19.9. The van der Waals surface area contributed by atoms with Crippen molar-refractivity contribution in [2.75, 3.05) is 18.6 Å². The number of amides is 1. The van der Waals surface area contributed by atoms with Crippen molar-refractivity contribution in [1.29, 1.82) is 0 Å². The van der Waals surface area contributed by atoms with E-state index in [9.17, 15) is 13.2 Å². The lowest BCUT2D eigenvalue weighted by Gasteiger charge is -2.28. The molecule has 1 fully saturated rings. The molecule has 2 aromatic rings. The summed E-state index contributed by atoms with van der Waals surface area (Å²) in [5.41, 5.74) is 1.85. The number of halogens is 1. The molecule has 7 heteroatoms. The molecule has 0 aromatic heterocycles. The molecule has 27 heavy (non-hydrogen) atoms. The molecule has 0 bridgehead atoms. The summed E-state index contributed by atoms with van der Waals surface area (Å²) in [6.45, 7) is 0.397. The molecule has 0 saturated carbocycles. The number of hydrogen-bond donors (Lipinski definition) is 0. The van der Waals surface area contributed by atoms with Crippen molar-refractivity contribution in [1.82, 2.24) is 4.90 Å². The highest BCUT2D eigenvalue weighted by Gasteiger charge is 2.34. The lowest BCUT2D eigenvalue weighted by molar-refractivity contribution is -0.133. The van der Waals surface area contributed by atoms with Gasteiger partial charge in [0.2, 0.25) is 5.91 Å². The van der Waals surface area contributed by atoms with E-state index in [-0.39, 0.29) is 29.9 Å². The maximum absolute atomic E-state index is 13.0. The zero-order valence-electron chi connectivity index (χ0n) is 15.1. The quantitative estimate of drug-likeness (QED) is 0.676. The van der Waals surface area contributed by atoms with Crippen molar-refractivity contribution in [3.05, 3.63) is 64.1 Å². The maximum Gasteiger partial charge on any atom is 0.227 e. The Morgan fingerprint density at radius 2 is 1.93 bits per heavy atom. The third kappa shape index (κ3) is 5.32. The zero-order chi connectivity index (χ0) is 19.4. The Bertz CT molecular complexity index is 912. The molecule has 1 amide bonds. The minimum absolute atomic E-state index is 0.0371. The summed E-state index contributed by atoms with van der Waals surface area (Å²) in [5.74, 6) is 0.846. The second kappa shape index (κ2) is 8.44. The van der Waals surface area contributed by atoms with Gasteiger partial charge in [-0.05, 0) is 41.8 Å². The van der Waals surface area contributed by atoms with Crippen molar-refractivity contribution in [2.45, 2.75) is 25.4 Å². The van der Waals surface area contributed by atoms with E-state index in [1.165, 1.54) is 0 Å². The number of nitrogens with zero attached hydrogens (tertiary/aromatic N) is 1. The summed E-state index contributed by atoms with van der Waals surface area (Å²) in [7, 11) is -1.48. The first-order chi connectivity index (χ1) is 12.9. The highest BCUT2D eigenvalue weighted by atomic mass is 79.9. The van der Waals surface area contributed by atoms with E-state index in [0.717, 1.165) is 21.3 Å². The lowest BCUT2D eigenvalue weighted by atomic mass is 10.1. The van der Waals surface area contributed by atoms with Crippen LogP contribution in [0.3, 0.4) is 0 Å². The summed E-state index contributed by atoms with van der Waals surface area (Å²) < 4.78 is 30.0. The summed E-state index contributed by atoms with van der Waals surface area (Å²) in [6.07, 6.45) is 0.721. The van der Waals surface area contributed by atoms with Crippen LogP contribution in [0, 0.1) is 0 Å². The Kier molecular flexibility index (Phi) is 6.22. The number of carbonyl (C=O) groups excluding carboxylic acids is 1. The molecule has 1 atom stereocenters. The molecule has 0 N–H and O–H groups in total. The van der Waals surface area contributed by atoms with E-state index < -0.39 is 9.84 Å². The molecule has 2 aromatic carbocycles. The van der Waals surface area contributed by atoms with Gasteiger partial charge >= 0.3 is 0 Å². The van der Waals surface area contributed by atoms with Crippen LogP contribution in [0.1, 0.15) is 17.5 Å². The van der Waals surface area contributed by atoms with Gasteiger partial charge in [-0.25, -0.2) is 8.42 Å². The summed E-state index contributed by atoms with van der Waals surface area (Å²) in [6, 6.07) is 14.8. The number of ether oxygens (including phenoxy) is 1. The van der Waals surface area contributed by atoms with Crippen molar-refractivity contribution in [3.63, 3.8) is 0 Å². The minimum Gasteiger partial charge on any atom is -0.497 e. The zero-order valence-corrected chi connectivity index (χ0v) is 17.5. The number of hydrogen-bond acceptors (Lipinski definition) is 4. The van der Waals surface area contributed by atoms with Gasteiger partial charge in [0, 0.05) is 17.1 Å². The van der Waals surface area contributed by atoms with Gasteiger partial charge in [-0.3, -0.25) is 4.79 Å². The molecule has 1 aliphatic rings. The van der Waals surface area contributed by atoms with Crippen molar-refractivity contribution in [2.24, 2.45) is 0 Å². The van der Waals surface area contributed by atoms with Gasteiger partial charge in [0.05, 0.1) is 25.0 Å². The van der Waals surface area contributed by atoms with E-state index in [2.05, 4.69) is 15.9 Å². The van der Waals surface area contributed by atoms with Gasteiger partial charge in [0.1, 0.15) is 5.75 Å². The number of rotatable bonds is 6. The van der Waals surface area contributed by atoms with Crippen LogP contribution in [0.25, 0.3) is 0 Å². The molecule has 144 valence electrons. The van der Waals surface area contributed by atoms with E-state index in [0.29, 0.717) is 13.0 Å². The number of carbonyl (C=O) groups is 1. The smallest absolute Gasteiger partial charge is 0.227 e. The molecule has 3 rings (SSSR count). The highest BCUT2D eigenvalue weighted by Crippen LogP contribution is 2.23. The monoisotopic (exact) mass is 451 g/mol. The van der Waals surface area contributed by atoms with Crippen molar-refractivity contribution in [3.8, 4) is 5.75 Å². The van der Waals surface area contributed by atoms with E-state index in [4.69, 9.17) is 4.74 Å². The predicted molar refractivity (Wildman–Crippen MR) is 108 cm³/mol. The fourth-order valence-electron chi connectivity index (χ4n) is 3.29. The van der Waals surface area contributed by atoms with Gasteiger partial charge in [-0.2, -0.15) is 0 Å². The van der Waals surface area contributed by atoms with E-state index in [1.807, 2.05) is 48.5 Å². The van der Waals surface area contributed by atoms with Crippen LogP contribution >= 0.6 is 15.9 Å². The molecule has 0 aliphatic carbocycles. The van der Waals surface area contributed by atoms with Crippen LogP contribution in [0.2, 0.25) is 0 Å². The highest BCUT2D eigenvalue weighted by molar-refractivity contribution is 9.10. The Labute approximate surface area is 168 Å². The van der Waals surface area contributed by atoms with Gasteiger partial charge in [-0.15, -0.1) is 0 Å². The molecule has 0 radical (unpaired) electrons. The van der Waals surface area contributed by atoms with Gasteiger partial charge in [-0.1, -0.05) is 40.2 Å². The molecule has 1 saturated heterocycles. The van der Waals surface area contributed by atoms with Gasteiger partial charge in [0.15, 0.2) is 9.84 Å². The molecular weight excluding hydrogens is 430 g/mol. The molecule has 1 heterocycles. The number of benzene rings is 2. The topological polar surface area (TPSA) is 63.7 Å². The third-order valence-electron chi connectivity index (χ3n) is 4.73. The van der Waals surface area contributed by atoms with Gasteiger partial charge < -0.3 is 9.64 Å². The second-order valence-corrected chi connectivity index (χ2v) is 9.88. The largest absolute Gasteiger partial charge is 0.497 e. The lowest BCUT2D eigenvalue weighted by Crippen LogP contribution is -2.41. The average molecular weight is 452 g/mol. The maximum atomic E-state index is 13.0. The number of sulfone groups is 1. The fraction of sp³-hybridized carbons (Fsp3) is 0.350. The number of methoxy groups -OCH3 is 1. The van der Waals surface area contributed by atoms with Crippen LogP contribution in [-0.2, 0) is 27.6 Å². The Morgan fingerprint density at radius 3 is 2.52 bits per heavy atom. The third-order valence-corrected chi connectivity index (χ3v) is 6.97. The SMILES string of the molecule is COc1ccc(CC(=O)N(Cc2cccc(Br)c2)C2CCS(=O)(=O)C2)cc1. The summed E-state index contributed by atoms with van der Waals surface area (Å²) >= 11 is 3.45. The Balaban J connectivity index is 1.80. The molecule has 1 unspecified atom stereocenters. The first-order valence-corrected chi connectivity index (χ1v) is 11.3. The molecular formula is C20H22BrNO4S. The Hall–Kier alpha value is -1.86. The Morgan fingerprint density at radius 1 is 1.19 bits per heavy atom. The second-order valence-electron chi connectivity index (χ2n) is 6.73. The average Bonchev–Trinajstić information content (AvgIpc) is 3.00. The van der Waals surface area contributed by atoms with Crippen LogP contribution in [0.4, 0.5) is 0 Å². The van der Waals surface area contributed by atoms with Crippen LogP contribution in [0.15, 0.2) is 53.0 Å². The normalized spacial score (nSPS) is 18.2. The van der Waals surface area contributed by atoms with Crippen LogP contribution < -0.4 is 4.74 Å². The predicted octanol–water partition coefficient (Wildman–Crippen LogP) is 3.22. The summed E-state index contributed by atoms with van der Waals surface area (Å²) in [5, 5.41) is 0. The van der Waals surface area contributed by atoms with Crippen LogP contribution in [-0.4, -0.2) is 43.9 Å². The molecule has 5 nitrogen and oxygen atoms in total. The van der Waals surface area contributed by atoms with Crippen molar-refractivity contribution < 1.29 is 17.9 Å². The molecule has 0 spiro atoms. The molecule has 1 aliphatic heterocycles. The first-order valence-electron chi connectivity index (χ1n) is 8.73. The van der Waals surface area contributed by atoms with Crippen LogP contribution in [0.5, 0.6) is 5.75 Å².